The zero-order chi connectivity index (χ0) is 24.2. The SMILES string of the molecule is COc1ccc(C(=O)Oc2ccc(/C=C3\SC(=O)N(Cc4ccc(F)cc4Cl)C3=O)cc2)cc1. The molecule has 0 saturated carbocycles. The third kappa shape index (κ3) is 5.30. The summed E-state index contributed by atoms with van der Waals surface area (Å²) in [6.45, 7) is -0.0542. The Hall–Kier alpha value is -3.62. The van der Waals surface area contributed by atoms with E-state index in [0.29, 0.717) is 28.2 Å². The zero-order valence-corrected chi connectivity index (χ0v) is 19.4. The van der Waals surface area contributed by atoms with Gasteiger partial charge in [0.25, 0.3) is 11.1 Å². The minimum atomic E-state index is -0.518. The Kier molecular flexibility index (Phi) is 7.00. The normalized spacial score (nSPS) is 14.6. The first-order valence-electron chi connectivity index (χ1n) is 9.99. The highest BCUT2D eigenvalue weighted by Gasteiger charge is 2.35. The van der Waals surface area contributed by atoms with Crippen molar-refractivity contribution in [2.45, 2.75) is 6.54 Å². The van der Waals surface area contributed by atoms with Gasteiger partial charge in [-0.2, -0.15) is 0 Å². The third-order valence-electron chi connectivity index (χ3n) is 4.93. The lowest BCUT2D eigenvalue weighted by molar-refractivity contribution is -0.123. The Morgan fingerprint density at radius 2 is 1.71 bits per heavy atom. The quantitative estimate of drug-likeness (QED) is 0.238. The molecule has 0 bridgehead atoms. The molecule has 1 fully saturated rings. The molecule has 0 N–H and O–H groups in total. The molecule has 1 saturated heterocycles. The van der Waals surface area contributed by atoms with Gasteiger partial charge < -0.3 is 9.47 Å². The van der Waals surface area contributed by atoms with Crippen LogP contribution in [0.2, 0.25) is 5.02 Å². The highest BCUT2D eigenvalue weighted by molar-refractivity contribution is 8.18. The summed E-state index contributed by atoms with van der Waals surface area (Å²) in [7, 11) is 1.54. The number of methoxy groups -OCH3 is 1. The maximum atomic E-state index is 13.3. The summed E-state index contributed by atoms with van der Waals surface area (Å²) < 4.78 is 23.7. The number of amides is 2. The molecule has 3 aromatic carbocycles. The summed E-state index contributed by atoms with van der Waals surface area (Å²) in [5.41, 5.74) is 1.49. The average Bonchev–Trinajstić information content (AvgIpc) is 3.09. The van der Waals surface area contributed by atoms with E-state index >= 15 is 0 Å². The van der Waals surface area contributed by atoms with Gasteiger partial charge in [0.05, 0.1) is 24.1 Å². The maximum absolute atomic E-state index is 13.3. The lowest BCUT2D eigenvalue weighted by Gasteiger charge is -2.13. The van der Waals surface area contributed by atoms with Gasteiger partial charge in [0.1, 0.15) is 17.3 Å². The number of rotatable bonds is 6. The van der Waals surface area contributed by atoms with Crippen LogP contribution in [0.25, 0.3) is 6.08 Å². The zero-order valence-electron chi connectivity index (χ0n) is 17.8. The summed E-state index contributed by atoms with van der Waals surface area (Å²) in [6.07, 6.45) is 1.58. The first-order valence-corrected chi connectivity index (χ1v) is 11.2. The molecule has 9 heteroatoms. The fraction of sp³-hybridized carbons (Fsp3) is 0.0800. The predicted octanol–water partition coefficient (Wildman–Crippen LogP) is 5.94. The van der Waals surface area contributed by atoms with E-state index in [4.69, 9.17) is 21.1 Å². The van der Waals surface area contributed by atoms with E-state index < -0.39 is 22.9 Å². The van der Waals surface area contributed by atoms with Crippen LogP contribution >= 0.6 is 23.4 Å². The molecule has 34 heavy (non-hydrogen) atoms. The Bertz CT molecular complexity index is 1290. The molecule has 1 aliphatic heterocycles. The Morgan fingerprint density at radius 1 is 1.03 bits per heavy atom. The fourth-order valence-electron chi connectivity index (χ4n) is 3.13. The van der Waals surface area contributed by atoms with Crippen molar-refractivity contribution in [2.75, 3.05) is 7.11 Å². The Balaban J connectivity index is 1.43. The number of imide groups is 1. The van der Waals surface area contributed by atoms with Gasteiger partial charge in [0, 0.05) is 5.02 Å². The second-order valence-corrected chi connectivity index (χ2v) is 8.59. The summed E-state index contributed by atoms with van der Waals surface area (Å²) >= 11 is 6.83. The molecular weight excluding hydrogens is 481 g/mol. The molecule has 1 heterocycles. The number of thioether (sulfide) groups is 1. The van der Waals surface area contributed by atoms with E-state index in [0.717, 1.165) is 22.7 Å². The lowest BCUT2D eigenvalue weighted by Crippen LogP contribution is -2.27. The monoisotopic (exact) mass is 497 g/mol. The minimum Gasteiger partial charge on any atom is -0.497 e. The topological polar surface area (TPSA) is 72.9 Å². The highest BCUT2D eigenvalue weighted by atomic mass is 35.5. The minimum absolute atomic E-state index is 0.0542. The average molecular weight is 498 g/mol. The van der Waals surface area contributed by atoms with Gasteiger partial charge in [0.2, 0.25) is 0 Å². The van der Waals surface area contributed by atoms with Gasteiger partial charge >= 0.3 is 5.97 Å². The molecule has 0 atom stereocenters. The summed E-state index contributed by atoms with van der Waals surface area (Å²) in [6, 6.07) is 16.8. The number of carbonyl (C=O) groups is 3. The van der Waals surface area contributed by atoms with Crippen LogP contribution in [0.5, 0.6) is 11.5 Å². The molecule has 0 unspecified atom stereocenters. The molecule has 0 aliphatic carbocycles. The van der Waals surface area contributed by atoms with Crippen molar-refractivity contribution in [3.05, 3.63) is 99.2 Å². The molecule has 1 aliphatic rings. The Labute approximate surface area is 203 Å². The van der Waals surface area contributed by atoms with E-state index in [1.807, 2.05) is 0 Å². The predicted molar refractivity (Wildman–Crippen MR) is 127 cm³/mol. The van der Waals surface area contributed by atoms with Crippen LogP contribution in [0.15, 0.2) is 71.6 Å². The van der Waals surface area contributed by atoms with Crippen LogP contribution in [-0.4, -0.2) is 29.1 Å². The molecule has 0 aromatic heterocycles. The molecule has 0 radical (unpaired) electrons. The van der Waals surface area contributed by atoms with E-state index in [-0.39, 0.29) is 16.5 Å². The van der Waals surface area contributed by atoms with Crippen molar-refractivity contribution in [1.29, 1.82) is 0 Å². The second kappa shape index (κ2) is 10.1. The summed E-state index contributed by atoms with van der Waals surface area (Å²) in [5.74, 6) is -0.523. The first-order chi connectivity index (χ1) is 16.3. The standard InChI is InChI=1S/C25H17ClFNO5S/c1-32-19-10-5-16(6-11-19)24(30)33-20-8-2-15(3-9-20)12-22-23(29)28(25(31)34-22)14-17-4-7-18(27)13-21(17)26/h2-13H,14H2,1H3/b22-12-. The molecular formula is C25H17ClFNO5S. The summed E-state index contributed by atoms with van der Waals surface area (Å²) in [4.78, 5) is 38.7. The number of hydrogen-bond donors (Lipinski definition) is 0. The van der Waals surface area contributed by atoms with Gasteiger partial charge in [-0.05, 0) is 77.5 Å². The van der Waals surface area contributed by atoms with E-state index in [2.05, 4.69) is 0 Å². The van der Waals surface area contributed by atoms with E-state index in [9.17, 15) is 18.8 Å². The second-order valence-electron chi connectivity index (χ2n) is 7.19. The van der Waals surface area contributed by atoms with Crippen LogP contribution in [0, 0.1) is 5.82 Å². The number of ether oxygens (including phenoxy) is 2. The van der Waals surface area contributed by atoms with Crippen LogP contribution in [0.4, 0.5) is 9.18 Å². The van der Waals surface area contributed by atoms with Gasteiger partial charge in [-0.25, -0.2) is 9.18 Å². The van der Waals surface area contributed by atoms with Gasteiger partial charge in [-0.15, -0.1) is 0 Å². The molecule has 0 spiro atoms. The number of nitrogens with zero attached hydrogens (tertiary/aromatic N) is 1. The summed E-state index contributed by atoms with van der Waals surface area (Å²) in [5, 5.41) is -0.301. The van der Waals surface area contributed by atoms with Crippen molar-refractivity contribution >= 4 is 46.6 Å². The van der Waals surface area contributed by atoms with Crippen LogP contribution < -0.4 is 9.47 Å². The van der Waals surface area contributed by atoms with Crippen molar-refractivity contribution in [1.82, 2.24) is 4.90 Å². The van der Waals surface area contributed by atoms with Crippen LogP contribution in [-0.2, 0) is 11.3 Å². The molecule has 3 aromatic rings. The molecule has 4 rings (SSSR count). The van der Waals surface area contributed by atoms with Crippen molar-refractivity contribution in [3.8, 4) is 11.5 Å². The molecule has 172 valence electrons. The smallest absolute Gasteiger partial charge is 0.343 e. The largest absolute Gasteiger partial charge is 0.497 e. The number of halogens is 2. The van der Waals surface area contributed by atoms with Crippen molar-refractivity contribution in [2.24, 2.45) is 0 Å². The fourth-order valence-corrected chi connectivity index (χ4v) is 4.20. The van der Waals surface area contributed by atoms with Crippen LogP contribution in [0.3, 0.4) is 0 Å². The number of esters is 1. The van der Waals surface area contributed by atoms with Crippen molar-refractivity contribution < 1.29 is 28.2 Å². The Morgan fingerprint density at radius 3 is 2.35 bits per heavy atom. The molecule has 6 nitrogen and oxygen atoms in total. The lowest BCUT2D eigenvalue weighted by atomic mass is 10.2. The highest BCUT2D eigenvalue weighted by Crippen LogP contribution is 2.34. The van der Waals surface area contributed by atoms with Gasteiger partial charge in [-0.3, -0.25) is 14.5 Å². The van der Waals surface area contributed by atoms with E-state index in [1.54, 1.807) is 54.6 Å². The number of benzene rings is 3. The first kappa shape index (κ1) is 23.5. The number of hydrogen-bond acceptors (Lipinski definition) is 6. The van der Waals surface area contributed by atoms with Gasteiger partial charge in [-0.1, -0.05) is 29.8 Å². The molecule has 2 amide bonds. The van der Waals surface area contributed by atoms with E-state index in [1.165, 1.54) is 19.2 Å². The number of carbonyl (C=O) groups excluding carboxylic acids is 3. The third-order valence-corrected chi connectivity index (χ3v) is 6.19. The maximum Gasteiger partial charge on any atom is 0.343 e. The van der Waals surface area contributed by atoms with Gasteiger partial charge in [0.15, 0.2) is 0 Å². The van der Waals surface area contributed by atoms with Crippen molar-refractivity contribution in [3.63, 3.8) is 0 Å². The van der Waals surface area contributed by atoms with Crippen LogP contribution in [0.1, 0.15) is 21.5 Å².